The Labute approximate surface area is 95.3 Å². The van der Waals surface area contributed by atoms with Crippen molar-refractivity contribution in [1.82, 2.24) is 0 Å². The quantitative estimate of drug-likeness (QED) is 0.626. The molecule has 0 amide bonds. The van der Waals surface area contributed by atoms with Crippen molar-refractivity contribution < 1.29 is 14.3 Å². The van der Waals surface area contributed by atoms with Gasteiger partial charge >= 0.3 is 5.97 Å². The summed E-state index contributed by atoms with van der Waals surface area (Å²) in [6.07, 6.45) is -0.155. The Bertz CT molecular complexity index is 375. The lowest BCUT2D eigenvalue weighted by atomic mass is 10.1. The first-order chi connectivity index (χ1) is 7.56. The summed E-state index contributed by atoms with van der Waals surface area (Å²) < 4.78 is 10.1. The number of hydrogen-bond donors (Lipinski definition) is 1. The van der Waals surface area contributed by atoms with Gasteiger partial charge in [-0.3, -0.25) is 0 Å². The number of hydrogen-bond acceptors (Lipinski definition) is 4. The molecule has 0 saturated heterocycles. The predicted molar refractivity (Wildman–Crippen MR) is 62.1 cm³/mol. The van der Waals surface area contributed by atoms with Crippen LogP contribution in [0.5, 0.6) is 0 Å². The highest BCUT2D eigenvalue weighted by Gasteiger charge is 2.14. The number of nitrogens with two attached hydrogens (primary N) is 1. The van der Waals surface area contributed by atoms with E-state index in [0.717, 1.165) is 5.56 Å². The van der Waals surface area contributed by atoms with E-state index in [4.69, 9.17) is 15.2 Å². The number of benzene rings is 1. The number of ether oxygens (including phenoxy) is 2. The molecule has 0 aliphatic carbocycles. The Balaban J connectivity index is 2.96. The number of para-hydroxylation sites is 1. The van der Waals surface area contributed by atoms with E-state index in [-0.39, 0.29) is 6.10 Å². The number of carbonyl (C=O) groups excluding carboxylic acids is 1. The molecule has 0 aromatic heterocycles. The molecule has 88 valence electrons. The lowest BCUT2D eigenvalue weighted by Gasteiger charge is -2.12. The number of rotatable bonds is 4. The molecule has 0 heterocycles. The van der Waals surface area contributed by atoms with Gasteiger partial charge in [0.05, 0.1) is 24.0 Å². The van der Waals surface area contributed by atoms with Crippen LogP contribution in [0.25, 0.3) is 0 Å². The summed E-state index contributed by atoms with van der Waals surface area (Å²) in [4.78, 5) is 11.7. The fraction of sp³-hybridized carbons (Fsp3) is 0.417. The molecular weight excluding hydrogens is 206 g/mol. The normalized spacial score (nSPS) is 10.5. The summed E-state index contributed by atoms with van der Waals surface area (Å²) in [6.45, 7) is 3.98. The molecule has 0 spiro atoms. The first-order valence-electron chi connectivity index (χ1n) is 5.13. The highest BCUT2D eigenvalue weighted by atomic mass is 16.5. The fourth-order valence-electron chi connectivity index (χ4n) is 1.35. The molecule has 16 heavy (non-hydrogen) atoms. The van der Waals surface area contributed by atoms with Crippen molar-refractivity contribution in [3.05, 3.63) is 29.3 Å². The van der Waals surface area contributed by atoms with Crippen LogP contribution in [0.4, 0.5) is 5.69 Å². The van der Waals surface area contributed by atoms with Crippen LogP contribution in [0.15, 0.2) is 18.2 Å². The van der Waals surface area contributed by atoms with Crippen LogP contribution in [0.3, 0.4) is 0 Å². The zero-order valence-electron chi connectivity index (χ0n) is 9.82. The highest BCUT2D eigenvalue weighted by molar-refractivity contribution is 5.95. The Kier molecular flexibility index (Phi) is 4.31. The molecule has 4 heteroatoms. The molecule has 0 fully saturated rings. The van der Waals surface area contributed by atoms with Gasteiger partial charge in [0.2, 0.25) is 0 Å². The molecule has 4 nitrogen and oxygen atoms in total. The molecule has 0 radical (unpaired) electrons. The van der Waals surface area contributed by atoms with Crippen molar-refractivity contribution in [2.45, 2.75) is 26.6 Å². The van der Waals surface area contributed by atoms with Gasteiger partial charge in [0.15, 0.2) is 0 Å². The monoisotopic (exact) mass is 223 g/mol. The van der Waals surface area contributed by atoms with E-state index < -0.39 is 5.97 Å². The van der Waals surface area contributed by atoms with Crippen LogP contribution in [0.1, 0.15) is 29.8 Å². The molecular formula is C12H17NO3. The third kappa shape index (κ3) is 2.97. The van der Waals surface area contributed by atoms with E-state index in [1.165, 1.54) is 0 Å². The minimum atomic E-state index is -0.398. The molecule has 0 unspecified atom stereocenters. The Morgan fingerprint density at radius 1 is 1.44 bits per heavy atom. The topological polar surface area (TPSA) is 61.5 Å². The van der Waals surface area contributed by atoms with Crippen molar-refractivity contribution in [1.29, 1.82) is 0 Å². The summed E-state index contributed by atoms with van der Waals surface area (Å²) in [5.41, 5.74) is 7.48. The molecule has 1 rings (SSSR count). The standard InChI is InChI=1S/C12H17NO3/c1-8(2)16-12(14)10-6-4-5-9(7-15-3)11(10)13/h4-6,8H,7,13H2,1-3H3. The molecule has 0 bridgehead atoms. The number of esters is 1. The second-order valence-corrected chi connectivity index (χ2v) is 3.77. The maximum Gasteiger partial charge on any atom is 0.340 e. The van der Waals surface area contributed by atoms with Crippen molar-refractivity contribution in [2.75, 3.05) is 12.8 Å². The summed E-state index contributed by atoms with van der Waals surface area (Å²) in [6, 6.07) is 5.24. The smallest absolute Gasteiger partial charge is 0.340 e. The summed E-state index contributed by atoms with van der Waals surface area (Å²) in [7, 11) is 1.58. The largest absolute Gasteiger partial charge is 0.459 e. The third-order valence-corrected chi connectivity index (χ3v) is 2.06. The fourth-order valence-corrected chi connectivity index (χ4v) is 1.35. The minimum Gasteiger partial charge on any atom is -0.459 e. The Morgan fingerprint density at radius 3 is 2.69 bits per heavy atom. The second kappa shape index (κ2) is 5.51. The van der Waals surface area contributed by atoms with E-state index in [1.54, 1.807) is 33.1 Å². The average Bonchev–Trinajstić information content (AvgIpc) is 2.20. The SMILES string of the molecule is COCc1cccc(C(=O)OC(C)C)c1N. The predicted octanol–water partition coefficient (Wildman–Crippen LogP) is 1.98. The van der Waals surface area contributed by atoms with Gasteiger partial charge in [-0.15, -0.1) is 0 Å². The maximum absolute atomic E-state index is 11.7. The van der Waals surface area contributed by atoms with Gasteiger partial charge in [-0.25, -0.2) is 4.79 Å². The zero-order valence-corrected chi connectivity index (χ0v) is 9.82. The average molecular weight is 223 g/mol. The van der Waals surface area contributed by atoms with Gasteiger partial charge in [-0.2, -0.15) is 0 Å². The molecule has 1 aromatic carbocycles. The zero-order chi connectivity index (χ0) is 12.1. The van der Waals surface area contributed by atoms with Crippen LogP contribution < -0.4 is 5.73 Å². The minimum absolute atomic E-state index is 0.155. The van der Waals surface area contributed by atoms with Crippen molar-refractivity contribution in [3.63, 3.8) is 0 Å². The Hall–Kier alpha value is -1.55. The number of nitrogen functional groups attached to an aromatic ring is 1. The van der Waals surface area contributed by atoms with Gasteiger partial charge in [-0.05, 0) is 19.9 Å². The van der Waals surface area contributed by atoms with Crippen molar-refractivity contribution >= 4 is 11.7 Å². The van der Waals surface area contributed by atoms with Gasteiger partial charge < -0.3 is 15.2 Å². The van der Waals surface area contributed by atoms with Gasteiger partial charge in [-0.1, -0.05) is 12.1 Å². The lowest BCUT2D eigenvalue weighted by molar-refractivity contribution is 0.0379. The van der Waals surface area contributed by atoms with Crippen LogP contribution in [0.2, 0.25) is 0 Å². The summed E-state index contributed by atoms with van der Waals surface area (Å²) in [5, 5.41) is 0. The maximum atomic E-state index is 11.7. The van der Waals surface area contributed by atoms with Crippen molar-refractivity contribution in [3.8, 4) is 0 Å². The second-order valence-electron chi connectivity index (χ2n) is 3.77. The van der Waals surface area contributed by atoms with E-state index in [0.29, 0.717) is 17.9 Å². The van der Waals surface area contributed by atoms with Crippen LogP contribution >= 0.6 is 0 Å². The van der Waals surface area contributed by atoms with E-state index in [1.807, 2.05) is 6.07 Å². The third-order valence-electron chi connectivity index (χ3n) is 2.06. The van der Waals surface area contributed by atoms with Crippen LogP contribution in [0, 0.1) is 0 Å². The number of methoxy groups -OCH3 is 1. The van der Waals surface area contributed by atoms with Gasteiger partial charge in [0, 0.05) is 12.7 Å². The highest BCUT2D eigenvalue weighted by Crippen LogP contribution is 2.19. The Morgan fingerprint density at radius 2 is 2.12 bits per heavy atom. The first kappa shape index (κ1) is 12.5. The summed E-state index contributed by atoms with van der Waals surface area (Å²) in [5.74, 6) is -0.398. The lowest BCUT2D eigenvalue weighted by Crippen LogP contribution is -2.14. The first-order valence-corrected chi connectivity index (χ1v) is 5.13. The molecule has 1 aromatic rings. The summed E-state index contributed by atoms with van der Waals surface area (Å²) >= 11 is 0. The van der Waals surface area contributed by atoms with Crippen molar-refractivity contribution in [2.24, 2.45) is 0 Å². The van der Waals surface area contributed by atoms with Crippen LogP contribution in [-0.4, -0.2) is 19.2 Å². The van der Waals surface area contributed by atoms with Gasteiger partial charge in [0.1, 0.15) is 0 Å². The van der Waals surface area contributed by atoms with Crippen LogP contribution in [-0.2, 0) is 16.1 Å². The van der Waals surface area contributed by atoms with E-state index in [9.17, 15) is 4.79 Å². The molecule has 0 aliphatic heterocycles. The molecule has 0 saturated carbocycles. The number of anilines is 1. The van der Waals surface area contributed by atoms with E-state index >= 15 is 0 Å². The van der Waals surface area contributed by atoms with E-state index in [2.05, 4.69) is 0 Å². The molecule has 0 atom stereocenters. The molecule has 2 N–H and O–H groups in total. The molecule has 0 aliphatic rings. The van der Waals surface area contributed by atoms with Gasteiger partial charge in [0.25, 0.3) is 0 Å². The number of carbonyl (C=O) groups is 1.